The van der Waals surface area contributed by atoms with E-state index in [1.165, 1.54) is 29.4 Å². The smallest absolute Gasteiger partial charge is 0.407 e. The maximum atomic E-state index is 14.8. The Kier molecular flexibility index (Phi) is 12.0. The van der Waals surface area contributed by atoms with Crippen molar-refractivity contribution in [2.75, 3.05) is 12.0 Å². The summed E-state index contributed by atoms with van der Waals surface area (Å²) in [5, 5.41) is 22.7. The van der Waals surface area contributed by atoms with Crippen LogP contribution in [0, 0.1) is 10.8 Å². The average Bonchev–Trinajstić information content (AvgIpc) is 3.63. The van der Waals surface area contributed by atoms with Gasteiger partial charge in [0, 0.05) is 17.3 Å². The normalized spacial score (nSPS) is 17.7. The van der Waals surface area contributed by atoms with Crippen LogP contribution in [-0.4, -0.2) is 63.3 Å². The highest BCUT2D eigenvalue weighted by molar-refractivity contribution is 6.33. The monoisotopic (exact) mass is 747 g/mol. The summed E-state index contributed by atoms with van der Waals surface area (Å²) < 4.78 is 58.1. The fourth-order valence-corrected chi connectivity index (χ4v) is 5.76. The number of amides is 2. The van der Waals surface area contributed by atoms with Gasteiger partial charge >= 0.3 is 12.6 Å². The molecule has 1 aliphatic heterocycles. The minimum Gasteiger partial charge on any atom is -0.447 e. The minimum absolute atomic E-state index is 0.197. The number of carbonyl (C=O) groups excluding carboxylic acids is 2. The molecule has 2 aromatic carbocycles. The van der Waals surface area contributed by atoms with Crippen LogP contribution in [-0.2, 0) is 15.1 Å². The van der Waals surface area contributed by atoms with Crippen LogP contribution in [0.5, 0.6) is 0 Å². The van der Waals surface area contributed by atoms with E-state index >= 15 is 0 Å². The van der Waals surface area contributed by atoms with Crippen molar-refractivity contribution in [3.8, 4) is 11.1 Å². The van der Waals surface area contributed by atoms with Crippen molar-refractivity contribution >= 4 is 47.3 Å². The number of alkyl carbamates (subject to hydrolysis) is 1. The molecule has 0 spiro atoms. The van der Waals surface area contributed by atoms with Crippen molar-refractivity contribution in [2.45, 2.75) is 85.0 Å². The number of aromatic nitrogens is 2. The number of hydrogen-bond acceptors (Lipinski definition) is 7. The number of guanidine groups is 1. The van der Waals surface area contributed by atoms with Crippen LogP contribution in [0.1, 0.15) is 78.6 Å². The maximum Gasteiger partial charge on any atom is 0.407 e. The molecule has 1 saturated heterocycles. The molecular weight excluding hydrogens is 706 g/mol. The largest absolute Gasteiger partial charge is 0.447 e. The van der Waals surface area contributed by atoms with E-state index in [-0.39, 0.29) is 29.7 Å². The van der Waals surface area contributed by atoms with E-state index in [0.29, 0.717) is 26.9 Å². The Morgan fingerprint density at radius 2 is 1.77 bits per heavy atom. The predicted molar refractivity (Wildman–Crippen MR) is 192 cm³/mol. The highest BCUT2D eigenvalue weighted by atomic mass is 35.5. The summed E-state index contributed by atoms with van der Waals surface area (Å²) in [5.74, 6) is -0.768. The highest BCUT2D eigenvalue weighted by Gasteiger charge is 2.54. The molecule has 1 aliphatic rings. The summed E-state index contributed by atoms with van der Waals surface area (Å²) in [6.07, 6.45) is 0.181. The fourth-order valence-electron chi connectivity index (χ4n) is 5.60. The zero-order chi connectivity index (χ0) is 38.6. The van der Waals surface area contributed by atoms with Crippen molar-refractivity contribution < 1.29 is 31.9 Å². The van der Waals surface area contributed by atoms with E-state index in [1.54, 1.807) is 51.1 Å². The minimum atomic E-state index is -2.80. The second-order valence-electron chi connectivity index (χ2n) is 14.5. The van der Waals surface area contributed by atoms with Crippen LogP contribution in [0.4, 0.5) is 28.0 Å². The molecule has 2 amide bonds. The topological polar surface area (TPSA) is 149 Å². The third kappa shape index (κ3) is 9.66. The van der Waals surface area contributed by atoms with Crippen LogP contribution in [0.15, 0.2) is 65.0 Å². The number of nitrogens with zero attached hydrogens (tertiary/aromatic N) is 5. The zero-order valence-electron chi connectivity index (χ0n) is 29.8. The molecule has 4 rings (SSSR count). The number of ether oxygens (including phenoxy) is 1. The molecule has 1 aromatic heterocycles. The van der Waals surface area contributed by atoms with E-state index in [2.05, 4.69) is 31.3 Å². The van der Waals surface area contributed by atoms with Gasteiger partial charge in [-0.25, -0.2) is 23.2 Å². The van der Waals surface area contributed by atoms with Crippen molar-refractivity contribution in [1.82, 2.24) is 25.3 Å². The van der Waals surface area contributed by atoms with Crippen molar-refractivity contribution in [3.63, 3.8) is 0 Å². The number of alkyl halides is 4. The highest BCUT2D eigenvalue weighted by Crippen LogP contribution is 2.43. The number of hydrogen-bond donors (Lipinski definition) is 4. The van der Waals surface area contributed by atoms with Gasteiger partial charge in [0.2, 0.25) is 0 Å². The fraction of sp³-hybridized carbons (Fsp3) is 0.429. The molecule has 12 nitrogen and oxygen atoms in total. The molecule has 0 unspecified atom stereocenters. The van der Waals surface area contributed by atoms with Crippen LogP contribution in [0.2, 0.25) is 5.02 Å². The molecule has 2 atom stereocenters. The number of benzene rings is 2. The van der Waals surface area contributed by atoms with Gasteiger partial charge < -0.3 is 15.4 Å². The Morgan fingerprint density at radius 1 is 1.10 bits per heavy atom. The molecule has 4 N–H and O–H groups in total. The van der Waals surface area contributed by atoms with Gasteiger partial charge in [-0.2, -0.15) is 19.0 Å². The first-order chi connectivity index (χ1) is 24.2. The van der Waals surface area contributed by atoms with Crippen molar-refractivity contribution in [3.05, 3.63) is 71.0 Å². The van der Waals surface area contributed by atoms with Crippen LogP contribution in [0.25, 0.3) is 11.1 Å². The van der Waals surface area contributed by atoms with Crippen LogP contribution < -0.4 is 16.1 Å². The third-order valence-corrected chi connectivity index (χ3v) is 8.15. The standard InChI is InChI=1S/C35H42ClF4N9O3/c1-20(28(37)38)42-19-43-47-26-14-22(10-13-25(26)36)27(17-52-32(51)46-34(5,6)7)49-29(50)35(45-31(49)41,18-33(2,3)4)24-11-8-21(9-12-24)23-15-44-48(16-23)30(39)40/h8-16,19,27-28,30,47H,17-18H2,1-7H3,(H2,41,45)(H,46,51)/b42-20+,43-19-/t27-,35-/m1/s1. The van der Waals surface area contributed by atoms with E-state index in [9.17, 15) is 27.2 Å². The first-order valence-electron chi connectivity index (χ1n) is 16.2. The third-order valence-electron chi connectivity index (χ3n) is 7.82. The van der Waals surface area contributed by atoms with Crippen molar-refractivity contribution in [2.24, 2.45) is 15.5 Å². The zero-order valence-corrected chi connectivity index (χ0v) is 30.5. The predicted octanol–water partition coefficient (Wildman–Crippen LogP) is 7.94. The molecular formula is C35H42ClF4N9O3. The van der Waals surface area contributed by atoms with Gasteiger partial charge in [0.25, 0.3) is 12.3 Å². The molecule has 0 aliphatic carbocycles. The summed E-state index contributed by atoms with van der Waals surface area (Å²) >= 11 is 6.42. The number of hydrazone groups is 1. The molecule has 52 heavy (non-hydrogen) atoms. The Labute approximate surface area is 304 Å². The van der Waals surface area contributed by atoms with Crippen LogP contribution >= 0.6 is 11.6 Å². The van der Waals surface area contributed by atoms with Gasteiger partial charge in [0.15, 0.2) is 5.96 Å². The van der Waals surface area contributed by atoms with E-state index in [0.717, 1.165) is 13.3 Å². The summed E-state index contributed by atoms with van der Waals surface area (Å²) in [6.45, 7) is 9.15. The molecule has 17 heteroatoms. The molecule has 3 aromatic rings. The van der Waals surface area contributed by atoms with E-state index in [4.69, 9.17) is 21.7 Å². The summed E-state index contributed by atoms with van der Waals surface area (Å²) in [6, 6.07) is 10.4. The lowest BCUT2D eigenvalue weighted by atomic mass is 9.75. The lowest BCUT2D eigenvalue weighted by Crippen LogP contribution is -2.47. The molecule has 0 saturated carbocycles. The summed E-state index contributed by atoms with van der Waals surface area (Å²) in [4.78, 5) is 32.5. The maximum absolute atomic E-state index is 14.8. The molecule has 0 radical (unpaired) electrons. The SMILES string of the molecule is C/C(=N\C=N/Nc1cc([C@@H](COC(=O)NC(C)(C)C)N2C(=N)N[C@](CC(C)(C)C)(c3ccc(-c4cnn(C(F)F)c4)cc3)C2=O)ccc1Cl)C(F)F. The van der Waals surface area contributed by atoms with Gasteiger partial charge in [-0.3, -0.25) is 20.5 Å². The first-order valence-corrected chi connectivity index (χ1v) is 16.6. The second kappa shape index (κ2) is 15.7. The Morgan fingerprint density at radius 3 is 2.35 bits per heavy atom. The van der Waals surface area contributed by atoms with Gasteiger partial charge in [0.1, 0.15) is 18.5 Å². The van der Waals surface area contributed by atoms with Gasteiger partial charge in [-0.05, 0) is 68.4 Å². The Balaban J connectivity index is 1.75. The van der Waals surface area contributed by atoms with E-state index in [1.807, 2.05) is 20.8 Å². The Bertz CT molecular complexity index is 1840. The number of anilines is 1. The number of halogens is 5. The lowest BCUT2D eigenvalue weighted by molar-refractivity contribution is -0.134. The number of rotatable bonds is 12. The Hall–Kier alpha value is -4.99. The number of aliphatic imine (C=N–C) groups is 1. The molecule has 1 fully saturated rings. The number of carbonyl (C=O) groups is 2. The van der Waals surface area contributed by atoms with Gasteiger partial charge in [-0.1, -0.05) is 62.7 Å². The molecule has 280 valence electrons. The quantitative estimate of drug-likeness (QED) is 0.0640. The second-order valence-corrected chi connectivity index (χ2v) is 14.9. The van der Waals surface area contributed by atoms with E-state index < -0.39 is 53.2 Å². The van der Waals surface area contributed by atoms with Crippen molar-refractivity contribution in [1.29, 1.82) is 5.41 Å². The molecule has 0 bridgehead atoms. The summed E-state index contributed by atoms with van der Waals surface area (Å²) in [7, 11) is 0. The van der Waals surface area contributed by atoms with Gasteiger partial charge in [0.05, 0.1) is 28.7 Å². The summed E-state index contributed by atoms with van der Waals surface area (Å²) in [5.41, 5.74) is 1.87. The van der Waals surface area contributed by atoms with Gasteiger partial charge in [-0.15, -0.1) is 0 Å². The lowest BCUT2D eigenvalue weighted by Gasteiger charge is -2.35. The first kappa shape index (κ1) is 39.8. The molecule has 2 heterocycles. The van der Waals surface area contributed by atoms with Crippen LogP contribution in [0.3, 0.4) is 0 Å². The number of nitrogens with one attached hydrogen (secondary N) is 4. The average molecular weight is 748 g/mol.